The lowest BCUT2D eigenvalue weighted by molar-refractivity contribution is -0.115. The number of anilines is 1. The largest absolute Gasteiger partial charge is 0.416 e. The van der Waals surface area contributed by atoms with E-state index in [4.69, 9.17) is 4.42 Å². The van der Waals surface area contributed by atoms with E-state index >= 15 is 0 Å². The summed E-state index contributed by atoms with van der Waals surface area (Å²) in [5, 5.41) is 11.3. The molecule has 4 rings (SSSR count). The molecule has 0 aliphatic rings. The molecule has 0 aliphatic heterocycles. The molecule has 3 aromatic carbocycles. The summed E-state index contributed by atoms with van der Waals surface area (Å²) < 4.78 is 6.87. The predicted octanol–water partition coefficient (Wildman–Crippen LogP) is 6.64. The van der Waals surface area contributed by atoms with E-state index in [-0.39, 0.29) is 11.3 Å². The molecule has 1 aromatic heterocycles. The normalized spacial score (nSPS) is 11.4. The lowest BCUT2D eigenvalue weighted by atomic mass is 9.87. The molecule has 5 nitrogen and oxygen atoms in total. The van der Waals surface area contributed by atoms with Gasteiger partial charge in [0.2, 0.25) is 17.7 Å². The van der Waals surface area contributed by atoms with Crippen LogP contribution in [-0.4, -0.2) is 16.1 Å². The van der Waals surface area contributed by atoms with Crippen molar-refractivity contribution in [2.75, 3.05) is 5.32 Å². The molecular formula is C26H24BrN3O2. The number of carbonyl (C=O) groups excluding carboxylic acids is 1. The molecule has 1 heterocycles. The van der Waals surface area contributed by atoms with Gasteiger partial charge >= 0.3 is 0 Å². The first kappa shape index (κ1) is 22.0. The third-order valence-electron chi connectivity index (χ3n) is 5.12. The van der Waals surface area contributed by atoms with Crippen LogP contribution < -0.4 is 5.32 Å². The molecule has 0 spiro atoms. The molecule has 0 saturated carbocycles. The van der Waals surface area contributed by atoms with Gasteiger partial charge in [0.15, 0.2) is 0 Å². The van der Waals surface area contributed by atoms with Crippen LogP contribution in [0.15, 0.2) is 81.7 Å². The quantitative estimate of drug-likeness (QED) is 0.340. The molecule has 0 saturated heterocycles. The van der Waals surface area contributed by atoms with Crippen molar-refractivity contribution in [3.05, 3.63) is 88.4 Å². The number of carbonyl (C=O) groups is 1. The second kappa shape index (κ2) is 9.09. The number of hydrogen-bond donors (Lipinski definition) is 1. The molecule has 1 N–H and O–H groups in total. The first-order valence-corrected chi connectivity index (χ1v) is 11.2. The van der Waals surface area contributed by atoms with Gasteiger partial charge in [-0.05, 0) is 65.1 Å². The molecule has 4 aromatic rings. The number of halogens is 1. The summed E-state index contributed by atoms with van der Waals surface area (Å²) in [7, 11) is 0. The van der Waals surface area contributed by atoms with Gasteiger partial charge in [-0.25, -0.2) is 0 Å². The van der Waals surface area contributed by atoms with E-state index in [1.54, 1.807) is 0 Å². The van der Waals surface area contributed by atoms with Crippen molar-refractivity contribution in [3.8, 4) is 22.9 Å². The average Bonchev–Trinajstić information content (AvgIpc) is 3.26. The van der Waals surface area contributed by atoms with E-state index in [9.17, 15) is 4.79 Å². The molecule has 1 amide bonds. The molecule has 0 bridgehead atoms. The fraction of sp³-hybridized carbons (Fsp3) is 0.192. The highest BCUT2D eigenvalue weighted by Crippen LogP contribution is 2.28. The van der Waals surface area contributed by atoms with E-state index in [0.29, 0.717) is 23.9 Å². The number of nitrogens with zero attached hydrogens (tertiary/aromatic N) is 2. The Bertz CT molecular complexity index is 1210. The zero-order valence-electron chi connectivity index (χ0n) is 18.2. The molecule has 0 atom stereocenters. The van der Waals surface area contributed by atoms with E-state index in [1.165, 1.54) is 5.56 Å². The Morgan fingerprint density at radius 2 is 1.38 bits per heavy atom. The zero-order valence-corrected chi connectivity index (χ0v) is 19.8. The maximum absolute atomic E-state index is 12.3. The summed E-state index contributed by atoms with van der Waals surface area (Å²) in [5.41, 5.74) is 4.69. The van der Waals surface area contributed by atoms with E-state index in [0.717, 1.165) is 21.2 Å². The SMILES string of the molecule is CC(C)(C)c1ccc(-c2nnc(-c3ccc(NC(=O)Cc4ccc(Br)cc4)cc3)o2)cc1. The van der Waals surface area contributed by atoms with E-state index in [2.05, 4.69) is 64.3 Å². The zero-order chi connectivity index (χ0) is 22.7. The Labute approximate surface area is 196 Å². The number of hydrogen-bond acceptors (Lipinski definition) is 4. The van der Waals surface area contributed by atoms with Crippen molar-refractivity contribution in [2.45, 2.75) is 32.6 Å². The summed E-state index contributed by atoms with van der Waals surface area (Å²) in [5.74, 6) is 0.846. The van der Waals surface area contributed by atoms with Gasteiger partial charge in [-0.1, -0.05) is 61.0 Å². The van der Waals surface area contributed by atoms with Crippen molar-refractivity contribution in [2.24, 2.45) is 0 Å². The second-order valence-electron chi connectivity index (χ2n) is 8.67. The Balaban J connectivity index is 1.41. The van der Waals surface area contributed by atoms with Crippen LogP contribution in [0.4, 0.5) is 5.69 Å². The Kier molecular flexibility index (Phi) is 6.24. The van der Waals surface area contributed by atoms with Crippen LogP contribution in [0.5, 0.6) is 0 Å². The average molecular weight is 490 g/mol. The summed E-state index contributed by atoms with van der Waals surface area (Å²) in [6.45, 7) is 6.54. The van der Waals surface area contributed by atoms with Gasteiger partial charge in [0.05, 0.1) is 6.42 Å². The standard InChI is InChI=1S/C26H24BrN3O2/c1-26(2,3)20-10-6-18(7-11-20)24-29-30-25(32-24)19-8-14-22(15-9-19)28-23(31)16-17-4-12-21(27)13-5-17/h4-15H,16H2,1-3H3,(H,28,31). The van der Waals surface area contributed by atoms with Crippen LogP contribution in [0.2, 0.25) is 0 Å². The van der Waals surface area contributed by atoms with Crippen LogP contribution in [-0.2, 0) is 16.6 Å². The third kappa shape index (κ3) is 5.32. The van der Waals surface area contributed by atoms with Crippen molar-refractivity contribution in [1.82, 2.24) is 10.2 Å². The molecule has 0 fully saturated rings. The maximum atomic E-state index is 12.3. The topological polar surface area (TPSA) is 68.0 Å². The summed E-state index contributed by atoms with van der Waals surface area (Å²) in [6.07, 6.45) is 0.316. The first-order chi connectivity index (χ1) is 15.3. The third-order valence-corrected chi connectivity index (χ3v) is 5.65. The van der Waals surface area contributed by atoms with Crippen molar-refractivity contribution in [3.63, 3.8) is 0 Å². The molecule has 0 unspecified atom stereocenters. The monoisotopic (exact) mass is 489 g/mol. The van der Waals surface area contributed by atoms with Gasteiger partial charge in [0, 0.05) is 21.3 Å². The fourth-order valence-electron chi connectivity index (χ4n) is 3.26. The minimum absolute atomic E-state index is 0.0705. The van der Waals surface area contributed by atoms with E-state index in [1.807, 2.05) is 60.7 Å². The van der Waals surface area contributed by atoms with Gasteiger partial charge in [-0.3, -0.25) is 4.79 Å². The number of benzene rings is 3. The van der Waals surface area contributed by atoms with Gasteiger partial charge in [-0.15, -0.1) is 10.2 Å². The fourth-order valence-corrected chi connectivity index (χ4v) is 3.52. The Morgan fingerprint density at radius 3 is 1.91 bits per heavy atom. The van der Waals surface area contributed by atoms with Gasteiger partial charge in [-0.2, -0.15) is 0 Å². The number of nitrogens with one attached hydrogen (secondary N) is 1. The highest BCUT2D eigenvalue weighted by atomic mass is 79.9. The maximum Gasteiger partial charge on any atom is 0.248 e. The smallest absolute Gasteiger partial charge is 0.248 e. The van der Waals surface area contributed by atoms with Gasteiger partial charge < -0.3 is 9.73 Å². The highest BCUT2D eigenvalue weighted by molar-refractivity contribution is 9.10. The number of aromatic nitrogens is 2. The summed E-state index contributed by atoms with van der Waals surface area (Å²) in [4.78, 5) is 12.3. The molecule has 0 aliphatic carbocycles. The van der Waals surface area contributed by atoms with Crippen LogP contribution >= 0.6 is 15.9 Å². The number of rotatable bonds is 5. The van der Waals surface area contributed by atoms with Crippen molar-refractivity contribution < 1.29 is 9.21 Å². The molecule has 0 radical (unpaired) electrons. The van der Waals surface area contributed by atoms with E-state index < -0.39 is 0 Å². The minimum atomic E-state index is -0.0705. The number of amides is 1. The van der Waals surface area contributed by atoms with Gasteiger partial charge in [0.1, 0.15) is 0 Å². The molecular weight excluding hydrogens is 466 g/mol. The second-order valence-corrected chi connectivity index (χ2v) is 9.58. The predicted molar refractivity (Wildman–Crippen MR) is 130 cm³/mol. The lowest BCUT2D eigenvalue weighted by Crippen LogP contribution is -2.14. The lowest BCUT2D eigenvalue weighted by Gasteiger charge is -2.18. The first-order valence-electron chi connectivity index (χ1n) is 10.4. The van der Waals surface area contributed by atoms with Crippen molar-refractivity contribution >= 4 is 27.5 Å². The van der Waals surface area contributed by atoms with Crippen LogP contribution in [0.3, 0.4) is 0 Å². The Hall–Kier alpha value is -3.25. The van der Waals surface area contributed by atoms with Crippen LogP contribution in [0.1, 0.15) is 31.9 Å². The van der Waals surface area contributed by atoms with Gasteiger partial charge in [0.25, 0.3) is 0 Å². The van der Waals surface area contributed by atoms with Crippen LogP contribution in [0.25, 0.3) is 22.9 Å². The molecule has 162 valence electrons. The highest BCUT2D eigenvalue weighted by Gasteiger charge is 2.15. The molecule has 32 heavy (non-hydrogen) atoms. The molecule has 6 heteroatoms. The summed E-state index contributed by atoms with van der Waals surface area (Å²) in [6, 6.07) is 23.3. The van der Waals surface area contributed by atoms with Crippen LogP contribution in [0, 0.1) is 0 Å². The Morgan fingerprint density at radius 1 is 0.844 bits per heavy atom. The summed E-state index contributed by atoms with van der Waals surface area (Å²) >= 11 is 3.40. The van der Waals surface area contributed by atoms with Crippen molar-refractivity contribution in [1.29, 1.82) is 0 Å². The minimum Gasteiger partial charge on any atom is -0.416 e.